The average molecular weight is 632 g/mol. The fraction of sp³-hybridized carbons (Fsp3) is 0.250. The lowest BCUT2D eigenvalue weighted by Gasteiger charge is -2.24. The molecular formula is C32H34FN7O4S. The lowest BCUT2D eigenvalue weighted by Crippen LogP contribution is -2.18. The first kappa shape index (κ1) is 31.4. The first-order valence-corrected chi connectivity index (χ1v) is 15.9. The van der Waals surface area contributed by atoms with E-state index in [1.807, 2.05) is 33.8 Å². The summed E-state index contributed by atoms with van der Waals surface area (Å²) in [5.41, 5.74) is 5.21. The minimum atomic E-state index is -3.61. The van der Waals surface area contributed by atoms with Gasteiger partial charge in [-0.2, -0.15) is 5.10 Å². The molecule has 0 unspecified atom stereocenters. The highest BCUT2D eigenvalue weighted by Gasteiger charge is 2.23. The zero-order valence-corrected chi connectivity index (χ0v) is 26.6. The molecule has 11 nitrogen and oxygen atoms in total. The number of nitrogens with zero attached hydrogens (tertiary/aromatic N) is 5. The van der Waals surface area contributed by atoms with Gasteiger partial charge in [0.25, 0.3) is 5.91 Å². The molecule has 2 heterocycles. The molecule has 0 saturated heterocycles. The van der Waals surface area contributed by atoms with E-state index in [1.165, 1.54) is 19.2 Å². The number of aromatic nitrogens is 5. The van der Waals surface area contributed by atoms with Crippen molar-refractivity contribution in [3.8, 4) is 22.7 Å². The number of halogens is 1. The number of rotatable bonds is 9. The van der Waals surface area contributed by atoms with Gasteiger partial charge < -0.3 is 10.1 Å². The van der Waals surface area contributed by atoms with Gasteiger partial charge in [0.05, 0.1) is 55.1 Å². The van der Waals surface area contributed by atoms with Gasteiger partial charge in [-0.3, -0.25) is 9.52 Å². The molecule has 0 fully saturated rings. The fourth-order valence-electron chi connectivity index (χ4n) is 4.85. The molecule has 3 aromatic carbocycles. The molecule has 0 aliphatic rings. The van der Waals surface area contributed by atoms with Gasteiger partial charge in [0.1, 0.15) is 11.5 Å². The number of hydrogen-bond donors (Lipinski definition) is 2. The number of benzene rings is 3. The lowest BCUT2D eigenvalue weighted by atomic mass is 9.86. The number of carbonyl (C=O) groups is 1. The second-order valence-corrected chi connectivity index (χ2v) is 13.5. The normalized spacial score (nSPS) is 11.8. The maximum atomic E-state index is 13.4. The zero-order chi connectivity index (χ0) is 32.5. The van der Waals surface area contributed by atoms with Gasteiger partial charge in [-0.15, -0.1) is 5.10 Å². The van der Waals surface area contributed by atoms with Crippen LogP contribution in [0.3, 0.4) is 0 Å². The van der Waals surface area contributed by atoms with Gasteiger partial charge in [-0.05, 0) is 72.0 Å². The Morgan fingerprint density at radius 1 is 1.04 bits per heavy atom. The van der Waals surface area contributed by atoms with E-state index in [4.69, 9.17) is 4.74 Å². The molecule has 13 heteroatoms. The van der Waals surface area contributed by atoms with Crippen LogP contribution in [0.1, 0.15) is 48.0 Å². The highest BCUT2D eigenvalue weighted by Crippen LogP contribution is 2.39. The second-order valence-electron chi connectivity index (χ2n) is 11.7. The van der Waals surface area contributed by atoms with Crippen molar-refractivity contribution < 1.29 is 22.3 Å². The third-order valence-corrected chi connectivity index (χ3v) is 7.72. The van der Waals surface area contributed by atoms with Gasteiger partial charge in [0.15, 0.2) is 5.75 Å². The van der Waals surface area contributed by atoms with Crippen LogP contribution in [0.15, 0.2) is 73.1 Å². The van der Waals surface area contributed by atoms with Gasteiger partial charge in [0.2, 0.25) is 10.0 Å². The molecule has 0 aliphatic heterocycles. The van der Waals surface area contributed by atoms with Crippen LogP contribution < -0.4 is 14.8 Å². The van der Waals surface area contributed by atoms with Crippen LogP contribution in [-0.4, -0.2) is 52.5 Å². The van der Waals surface area contributed by atoms with Gasteiger partial charge in [-0.1, -0.05) is 38.1 Å². The first-order valence-electron chi connectivity index (χ1n) is 14.0. The smallest absolute Gasteiger partial charge is 0.255 e. The van der Waals surface area contributed by atoms with E-state index < -0.39 is 15.9 Å². The van der Waals surface area contributed by atoms with Crippen LogP contribution >= 0.6 is 0 Å². The summed E-state index contributed by atoms with van der Waals surface area (Å²) in [6.45, 7) is 8.22. The minimum Gasteiger partial charge on any atom is -0.492 e. The highest BCUT2D eigenvalue weighted by atomic mass is 32.2. The maximum absolute atomic E-state index is 13.4. The van der Waals surface area contributed by atoms with E-state index in [-0.39, 0.29) is 22.7 Å². The Morgan fingerprint density at radius 3 is 2.42 bits per heavy atom. The summed E-state index contributed by atoms with van der Waals surface area (Å²) in [5, 5.41) is 15.9. The lowest BCUT2D eigenvalue weighted by molar-refractivity contribution is 0.102. The van der Waals surface area contributed by atoms with Crippen LogP contribution in [0.25, 0.3) is 16.9 Å². The largest absolute Gasteiger partial charge is 0.492 e. The molecule has 0 radical (unpaired) electrons. The molecule has 2 aromatic heterocycles. The second kappa shape index (κ2) is 12.2. The molecule has 234 valence electrons. The summed E-state index contributed by atoms with van der Waals surface area (Å²) in [4.78, 5) is 13.4. The predicted molar refractivity (Wildman–Crippen MR) is 171 cm³/mol. The Hall–Kier alpha value is -5.04. The van der Waals surface area contributed by atoms with E-state index >= 15 is 0 Å². The zero-order valence-electron chi connectivity index (χ0n) is 25.8. The number of ether oxygens (including phenoxy) is 1. The van der Waals surface area contributed by atoms with Crippen molar-refractivity contribution in [2.45, 2.75) is 39.7 Å². The summed E-state index contributed by atoms with van der Waals surface area (Å²) in [6, 6.07) is 16.7. The monoisotopic (exact) mass is 631 g/mol. The van der Waals surface area contributed by atoms with Crippen LogP contribution in [0.4, 0.5) is 15.8 Å². The van der Waals surface area contributed by atoms with E-state index in [0.29, 0.717) is 23.5 Å². The number of nitrogens with one attached hydrogen (secondary N) is 2. The van der Waals surface area contributed by atoms with E-state index in [9.17, 15) is 17.6 Å². The Morgan fingerprint density at radius 2 is 1.76 bits per heavy atom. The fourth-order valence-corrected chi connectivity index (χ4v) is 5.40. The molecule has 0 atom stereocenters. The molecular weight excluding hydrogens is 597 g/mol. The van der Waals surface area contributed by atoms with Gasteiger partial charge >= 0.3 is 0 Å². The van der Waals surface area contributed by atoms with Gasteiger partial charge in [0, 0.05) is 11.1 Å². The molecule has 0 saturated carbocycles. The number of anilines is 2. The summed E-state index contributed by atoms with van der Waals surface area (Å²) in [5.74, 6) is -0.514. The summed E-state index contributed by atoms with van der Waals surface area (Å²) < 4.78 is 48.9. The number of amides is 1. The Labute approximate surface area is 261 Å². The molecule has 5 rings (SSSR count). The first-order chi connectivity index (χ1) is 21.2. The van der Waals surface area contributed by atoms with Crippen molar-refractivity contribution in [3.05, 3.63) is 101 Å². The molecule has 45 heavy (non-hydrogen) atoms. The van der Waals surface area contributed by atoms with E-state index in [2.05, 4.69) is 25.4 Å². The summed E-state index contributed by atoms with van der Waals surface area (Å²) >= 11 is 0. The SMILES string of the molecule is COc1c(NC(=O)c2cccc(Cn3cc(-c4cnn(-c5ccc(F)cc5)c4C)nn3)c2)cc(C(C)(C)C)cc1NS(C)(=O)=O. The third kappa shape index (κ3) is 7.20. The predicted octanol–water partition coefficient (Wildman–Crippen LogP) is 5.56. The Balaban J connectivity index is 1.36. The summed E-state index contributed by atoms with van der Waals surface area (Å²) in [7, 11) is -2.20. The van der Waals surface area contributed by atoms with Crippen LogP contribution in [0.2, 0.25) is 0 Å². The minimum absolute atomic E-state index is 0.200. The van der Waals surface area contributed by atoms with E-state index in [0.717, 1.165) is 34.3 Å². The number of hydrogen-bond acceptors (Lipinski definition) is 7. The van der Waals surface area contributed by atoms with Crippen molar-refractivity contribution in [1.82, 2.24) is 24.8 Å². The molecule has 0 spiro atoms. The van der Waals surface area contributed by atoms with Crippen LogP contribution in [0, 0.1) is 12.7 Å². The Bertz CT molecular complexity index is 1980. The van der Waals surface area contributed by atoms with Crippen molar-refractivity contribution in [1.29, 1.82) is 0 Å². The highest BCUT2D eigenvalue weighted by molar-refractivity contribution is 7.92. The molecule has 1 amide bonds. The quantitative estimate of drug-likeness (QED) is 0.218. The summed E-state index contributed by atoms with van der Waals surface area (Å²) in [6.07, 6.45) is 4.54. The number of methoxy groups -OCH3 is 1. The Kier molecular flexibility index (Phi) is 8.48. The number of carbonyl (C=O) groups excluding carboxylic acids is 1. The van der Waals surface area contributed by atoms with Crippen molar-refractivity contribution in [3.63, 3.8) is 0 Å². The average Bonchev–Trinajstić information content (AvgIpc) is 3.58. The maximum Gasteiger partial charge on any atom is 0.255 e. The molecule has 0 bridgehead atoms. The number of sulfonamides is 1. The topological polar surface area (TPSA) is 133 Å². The van der Waals surface area contributed by atoms with E-state index in [1.54, 1.807) is 64.2 Å². The van der Waals surface area contributed by atoms with Gasteiger partial charge in [-0.25, -0.2) is 22.2 Å². The van der Waals surface area contributed by atoms with Crippen molar-refractivity contribution in [2.75, 3.05) is 23.4 Å². The third-order valence-electron chi connectivity index (χ3n) is 7.13. The molecule has 2 N–H and O–H groups in total. The van der Waals surface area contributed by atoms with Crippen LogP contribution in [0.5, 0.6) is 5.75 Å². The van der Waals surface area contributed by atoms with Crippen molar-refractivity contribution in [2.24, 2.45) is 0 Å². The standard InChI is InChI=1S/C32H34FN7O4S/c1-20-26(17-34-40(20)25-12-10-24(33)11-13-25)29-19-39(38-36-29)18-21-8-7-9-22(14-21)31(41)35-27-15-23(32(2,3)4)16-28(30(27)44-5)37-45(6,42)43/h7-17,19,37H,18H2,1-6H3,(H,35,41). The van der Waals surface area contributed by atoms with Crippen LogP contribution in [-0.2, 0) is 22.0 Å². The van der Waals surface area contributed by atoms with Crippen molar-refractivity contribution >= 4 is 27.3 Å². The molecule has 5 aromatic rings. The molecule has 0 aliphatic carbocycles.